The smallest absolute Gasteiger partial charge is 0.265 e. The molecular weight excluding hydrogens is 335 g/mol. The molecule has 19 heavy (non-hydrogen) atoms. The molecule has 1 aromatic carbocycles. The van der Waals surface area contributed by atoms with Crippen LogP contribution >= 0.6 is 15.9 Å². The van der Waals surface area contributed by atoms with Crippen molar-refractivity contribution in [1.29, 1.82) is 0 Å². The van der Waals surface area contributed by atoms with Gasteiger partial charge in [0, 0.05) is 23.9 Å². The van der Waals surface area contributed by atoms with E-state index in [9.17, 15) is 12.8 Å². The fourth-order valence-electron chi connectivity index (χ4n) is 1.50. The Balaban J connectivity index is 2.45. The summed E-state index contributed by atoms with van der Waals surface area (Å²) >= 11 is 3.17. The fourth-order valence-corrected chi connectivity index (χ4v) is 3.20. The summed E-state index contributed by atoms with van der Waals surface area (Å²) in [6.45, 7) is 0. The van der Waals surface area contributed by atoms with Gasteiger partial charge in [0.2, 0.25) is 0 Å². The van der Waals surface area contributed by atoms with E-state index in [4.69, 9.17) is 0 Å². The molecule has 2 rings (SSSR count). The van der Waals surface area contributed by atoms with Crippen LogP contribution in [0.4, 0.5) is 10.1 Å². The van der Waals surface area contributed by atoms with Crippen LogP contribution in [0, 0.1) is 5.82 Å². The van der Waals surface area contributed by atoms with Gasteiger partial charge in [-0.3, -0.25) is 9.29 Å². The SMILES string of the molecule is CN(c1cccc(F)c1)S(=O)(=O)c1cncc(Br)c1. The Labute approximate surface area is 119 Å². The third-order valence-corrected chi connectivity index (χ3v) is 4.69. The van der Waals surface area contributed by atoms with Crippen molar-refractivity contribution in [3.05, 3.63) is 53.0 Å². The summed E-state index contributed by atoms with van der Waals surface area (Å²) < 4.78 is 39.4. The van der Waals surface area contributed by atoms with Crippen molar-refractivity contribution in [3.63, 3.8) is 0 Å². The van der Waals surface area contributed by atoms with Crippen molar-refractivity contribution in [1.82, 2.24) is 4.98 Å². The van der Waals surface area contributed by atoms with Crippen LogP contribution in [0.2, 0.25) is 0 Å². The van der Waals surface area contributed by atoms with Crippen LogP contribution in [0.5, 0.6) is 0 Å². The number of nitrogens with zero attached hydrogens (tertiary/aromatic N) is 2. The van der Waals surface area contributed by atoms with Crippen LogP contribution in [-0.4, -0.2) is 20.4 Å². The summed E-state index contributed by atoms with van der Waals surface area (Å²) in [6, 6.07) is 6.83. The van der Waals surface area contributed by atoms with E-state index in [2.05, 4.69) is 20.9 Å². The highest BCUT2D eigenvalue weighted by molar-refractivity contribution is 9.10. The van der Waals surface area contributed by atoms with Crippen LogP contribution in [0.15, 0.2) is 52.1 Å². The minimum atomic E-state index is -3.76. The minimum Gasteiger partial charge on any atom is -0.269 e. The maximum atomic E-state index is 13.1. The molecule has 0 aliphatic rings. The molecule has 7 heteroatoms. The monoisotopic (exact) mass is 344 g/mol. The van der Waals surface area contributed by atoms with E-state index in [0.717, 1.165) is 10.4 Å². The quantitative estimate of drug-likeness (QED) is 0.860. The van der Waals surface area contributed by atoms with Crippen molar-refractivity contribution in [2.75, 3.05) is 11.4 Å². The molecule has 0 aliphatic heterocycles. The molecule has 0 aliphatic carbocycles. The van der Waals surface area contributed by atoms with E-state index < -0.39 is 15.8 Å². The second kappa shape index (κ2) is 5.26. The molecule has 1 heterocycles. The van der Waals surface area contributed by atoms with E-state index in [1.54, 1.807) is 0 Å². The summed E-state index contributed by atoms with van der Waals surface area (Å²) in [7, 11) is -2.39. The lowest BCUT2D eigenvalue weighted by Crippen LogP contribution is -2.26. The normalized spacial score (nSPS) is 11.3. The zero-order valence-electron chi connectivity index (χ0n) is 9.92. The van der Waals surface area contributed by atoms with Crippen molar-refractivity contribution in [2.45, 2.75) is 4.90 Å². The van der Waals surface area contributed by atoms with Gasteiger partial charge in [0.05, 0.1) is 5.69 Å². The zero-order chi connectivity index (χ0) is 14.0. The number of benzene rings is 1. The summed E-state index contributed by atoms with van der Waals surface area (Å²) in [4.78, 5) is 3.85. The van der Waals surface area contributed by atoms with E-state index in [-0.39, 0.29) is 10.6 Å². The Morgan fingerprint density at radius 1 is 1.26 bits per heavy atom. The number of rotatable bonds is 3. The Morgan fingerprint density at radius 2 is 2.00 bits per heavy atom. The molecule has 0 radical (unpaired) electrons. The van der Waals surface area contributed by atoms with E-state index in [1.165, 1.54) is 43.7 Å². The van der Waals surface area contributed by atoms with Crippen LogP contribution in [-0.2, 0) is 10.0 Å². The first-order valence-electron chi connectivity index (χ1n) is 5.26. The first kappa shape index (κ1) is 14.0. The van der Waals surface area contributed by atoms with Gasteiger partial charge < -0.3 is 0 Å². The maximum absolute atomic E-state index is 13.1. The van der Waals surface area contributed by atoms with Gasteiger partial charge in [-0.25, -0.2) is 12.8 Å². The lowest BCUT2D eigenvalue weighted by molar-refractivity contribution is 0.593. The van der Waals surface area contributed by atoms with Crippen molar-refractivity contribution < 1.29 is 12.8 Å². The zero-order valence-corrected chi connectivity index (χ0v) is 12.3. The molecular formula is C12H10BrFN2O2S. The number of hydrogen-bond donors (Lipinski definition) is 0. The minimum absolute atomic E-state index is 0.0358. The maximum Gasteiger partial charge on any atom is 0.265 e. The van der Waals surface area contributed by atoms with Crippen LogP contribution in [0.25, 0.3) is 0 Å². The molecule has 0 amide bonds. The number of aromatic nitrogens is 1. The molecule has 1 aromatic heterocycles. The molecule has 0 atom stereocenters. The lowest BCUT2D eigenvalue weighted by Gasteiger charge is -2.19. The molecule has 0 spiro atoms. The van der Waals surface area contributed by atoms with Gasteiger partial charge in [-0.05, 0) is 40.2 Å². The van der Waals surface area contributed by atoms with Crippen LogP contribution in [0.1, 0.15) is 0 Å². The first-order valence-corrected chi connectivity index (χ1v) is 7.49. The number of hydrogen-bond acceptors (Lipinski definition) is 3. The Kier molecular flexibility index (Phi) is 3.86. The molecule has 0 bridgehead atoms. The highest BCUT2D eigenvalue weighted by Crippen LogP contribution is 2.23. The first-order chi connectivity index (χ1) is 8.91. The van der Waals surface area contributed by atoms with Crippen molar-refractivity contribution >= 4 is 31.6 Å². The topological polar surface area (TPSA) is 50.3 Å². The molecule has 0 fully saturated rings. The molecule has 0 N–H and O–H groups in total. The Hall–Kier alpha value is -1.47. The molecule has 4 nitrogen and oxygen atoms in total. The standard InChI is InChI=1S/C12H10BrFN2O2S/c1-16(11-4-2-3-10(14)6-11)19(17,18)12-5-9(13)7-15-8-12/h2-8H,1H3. The average molecular weight is 345 g/mol. The molecule has 0 saturated carbocycles. The molecule has 0 unspecified atom stereocenters. The highest BCUT2D eigenvalue weighted by Gasteiger charge is 2.22. The molecule has 0 saturated heterocycles. The number of halogens is 2. The largest absolute Gasteiger partial charge is 0.269 e. The second-order valence-corrected chi connectivity index (χ2v) is 6.68. The number of anilines is 1. The van der Waals surface area contributed by atoms with Crippen LogP contribution in [0.3, 0.4) is 0 Å². The number of sulfonamides is 1. The summed E-state index contributed by atoms with van der Waals surface area (Å²) in [5, 5.41) is 0. The lowest BCUT2D eigenvalue weighted by atomic mass is 10.3. The van der Waals surface area contributed by atoms with E-state index >= 15 is 0 Å². The van der Waals surface area contributed by atoms with E-state index in [0.29, 0.717) is 4.47 Å². The Bertz CT molecular complexity index is 706. The fraction of sp³-hybridized carbons (Fsp3) is 0.0833. The van der Waals surface area contributed by atoms with Crippen molar-refractivity contribution in [2.24, 2.45) is 0 Å². The number of pyridine rings is 1. The summed E-state index contributed by atoms with van der Waals surface area (Å²) in [5.74, 6) is -0.494. The van der Waals surface area contributed by atoms with Gasteiger partial charge in [-0.2, -0.15) is 0 Å². The van der Waals surface area contributed by atoms with E-state index in [1.807, 2.05) is 0 Å². The predicted octanol–water partition coefficient (Wildman–Crippen LogP) is 2.81. The third-order valence-electron chi connectivity index (χ3n) is 2.51. The Morgan fingerprint density at radius 3 is 2.63 bits per heavy atom. The van der Waals surface area contributed by atoms with Gasteiger partial charge in [-0.15, -0.1) is 0 Å². The predicted molar refractivity (Wildman–Crippen MR) is 73.9 cm³/mol. The molecule has 2 aromatic rings. The van der Waals surface area contributed by atoms with Crippen molar-refractivity contribution in [3.8, 4) is 0 Å². The van der Waals surface area contributed by atoms with Gasteiger partial charge in [0.15, 0.2) is 0 Å². The second-order valence-electron chi connectivity index (χ2n) is 3.79. The third kappa shape index (κ3) is 2.93. The van der Waals surface area contributed by atoms with Gasteiger partial charge in [0.1, 0.15) is 10.7 Å². The average Bonchev–Trinajstić information content (AvgIpc) is 2.38. The summed E-state index contributed by atoms with van der Waals surface area (Å²) in [6.07, 6.45) is 2.73. The van der Waals surface area contributed by atoms with Gasteiger partial charge in [-0.1, -0.05) is 6.07 Å². The highest BCUT2D eigenvalue weighted by atomic mass is 79.9. The van der Waals surface area contributed by atoms with Gasteiger partial charge in [0.25, 0.3) is 10.0 Å². The van der Waals surface area contributed by atoms with Crippen LogP contribution < -0.4 is 4.31 Å². The summed E-state index contributed by atoms with van der Waals surface area (Å²) in [5.41, 5.74) is 0.250. The van der Waals surface area contributed by atoms with Gasteiger partial charge >= 0.3 is 0 Å². The molecule has 100 valence electrons.